The van der Waals surface area contributed by atoms with E-state index in [2.05, 4.69) is 0 Å². The van der Waals surface area contributed by atoms with E-state index in [9.17, 15) is 117 Å². The fraction of sp³-hybridized carbons (Fsp3) is 1.00. The maximum Gasteiger partial charge on any atom is 0.187 e. The minimum absolute atomic E-state index is 0.558. The van der Waals surface area contributed by atoms with E-state index < -0.39 is 328 Å². The topological polar surface area (TPSA) is 659 Å². The van der Waals surface area contributed by atoms with Crippen LogP contribution in [0.4, 0.5) is 0 Å². The third-order valence-electron chi connectivity index (χ3n) is 20.1. The number of rotatable bonds is 23. The van der Waals surface area contributed by atoms with Gasteiger partial charge >= 0.3 is 0 Å². The fourth-order valence-electron chi connectivity index (χ4n) is 13.8. The van der Waals surface area contributed by atoms with Crippen LogP contribution in [-0.2, 0) is 99.5 Å². The number of ether oxygens (including phenoxy) is 21. The summed E-state index contributed by atoms with van der Waals surface area (Å²) >= 11 is 0. The van der Waals surface area contributed by atoms with Crippen LogP contribution in [0.3, 0.4) is 0 Å². The van der Waals surface area contributed by atoms with Crippen LogP contribution in [0.2, 0.25) is 0 Å². The molecule has 0 aromatic rings. The van der Waals surface area contributed by atoms with Crippen LogP contribution < -0.4 is 0 Å². The summed E-state index contributed by atoms with van der Waals surface area (Å²) in [6.07, 6.45) is -88.5. The molecule has 600 valence electrons. The summed E-state index contributed by atoms with van der Waals surface area (Å²) in [7, 11) is 2.52. The molecule has 10 rings (SSSR count). The zero-order valence-electron chi connectivity index (χ0n) is 56.2. The largest absolute Gasteiger partial charge is 0.394 e. The van der Waals surface area contributed by atoms with Crippen molar-refractivity contribution >= 4 is 0 Å². The molecule has 44 heteroatoms. The van der Waals surface area contributed by atoms with Gasteiger partial charge in [-0.3, -0.25) is 0 Å². The minimum Gasteiger partial charge on any atom is -0.394 e. The molecule has 0 saturated carbocycles. The van der Waals surface area contributed by atoms with E-state index in [-0.39, 0.29) is 0 Å². The molecule has 47 atom stereocenters. The Labute approximate surface area is 585 Å². The molecule has 0 bridgehead atoms. The summed E-state index contributed by atoms with van der Waals surface area (Å²) in [6, 6.07) is 0. The molecule has 10 fully saturated rings. The highest BCUT2D eigenvalue weighted by Gasteiger charge is 2.61. The Morgan fingerprint density at radius 3 is 1.11 bits per heavy atom. The minimum atomic E-state index is -2.32. The van der Waals surface area contributed by atoms with Gasteiger partial charge in [0.25, 0.3) is 0 Å². The van der Waals surface area contributed by atoms with Crippen LogP contribution in [0.1, 0.15) is 27.7 Å². The van der Waals surface area contributed by atoms with Crippen LogP contribution in [0.15, 0.2) is 0 Å². The first-order valence-corrected chi connectivity index (χ1v) is 33.6. The zero-order chi connectivity index (χ0) is 75.2. The first kappa shape index (κ1) is 83.7. The van der Waals surface area contributed by atoms with Crippen molar-refractivity contribution < 1.29 is 217 Å². The van der Waals surface area contributed by atoms with Crippen LogP contribution >= 0.6 is 0 Å². The lowest BCUT2D eigenvalue weighted by Gasteiger charge is -2.52. The first-order chi connectivity index (χ1) is 48.8. The smallest absolute Gasteiger partial charge is 0.187 e. The van der Waals surface area contributed by atoms with Gasteiger partial charge in [0, 0.05) is 14.2 Å². The van der Waals surface area contributed by atoms with Crippen molar-refractivity contribution in [2.45, 2.75) is 316 Å². The number of hydrogen-bond acceptors (Lipinski definition) is 44. The second-order valence-corrected chi connectivity index (χ2v) is 27.0. The normalized spacial score (nSPS) is 54.8. The molecule has 0 aromatic carbocycles. The van der Waals surface area contributed by atoms with Gasteiger partial charge in [-0.15, -0.1) is 0 Å². The molecule has 0 aromatic heterocycles. The first-order valence-electron chi connectivity index (χ1n) is 33.6. The van der Waals surface area contributed by atoms with Crippen LogP contribution in [0, 0.1) is 0 Å². The molecule has 10 saturated heterocycles. The number of aliphatic hydroxyl groups excluding tert-OH is 23. The number of aliphatic hydroxyl groups is 23. The Bertz CT molecular complexity index is 2580. The second kappa shape index (κ2) is 35.7. The Kier molecular flexibility index (Phi) is 29.0. The van der Waals surface area contributed by atoms with E-state index in [4.69, 9.17) is 99.5 Å². The van der Waals surface area contributed by atoms with Gasteiger partial charge in [-0.05, 0) is 27.7 Å². The van der Waals surface area contributed by atoms with Crippen molar-refractivity contribution in [2.75, 3.05) is 53.9 Å². The number of methoxy groups -OCH3 is 2. The van der Waals surface area contributed by atoms with Gasteiger partial charge in [0.05, 0.1) is 64.1 Å². The average molecular weight is 1510 g/mol. The van der Waals surface area contributed by atoms with E-state index in [0.717, 1.165) is 0 Å². The molecular formula is C59H100O44. The Morgan fingerprint density at radius 1 is 0.243 bits per heavy atom. The quantitative estimate of drug-likeness (QED) is 0.0452. The molecule has 23 N–H and O–H groups in total. The molecule has 103 heavy (non-hydrogen) atoms. The second-order valence-electron chi connectivity index (χ2n) is 27.0. The van der Waals surface area contributed by atoms with Gasteiger partial charge in [0.1, 0.15) is 201 Å². The van der Waals surface area contributed by atoms with Gasteiger partial charge in [-0.2, -0.15) is 0 Å². The molecule has 0 amide bonds. The van der Waals surface area contributed by atoms with E-state index in [0.29, 0.717) is 0 Å². The Morgan fingerprint density at radius 2 is 0.592 bits per heavy atom. The standard InChI is InChI=1S/C59H100O44/c1-13-23(65)42(98-54-36(78)31(73)28(70)19(7-60)93-54)39(81)56(88-13)101-46-40(16(4)91-59(49(46)102-55-37(79)32(74)29(71)20(8-61)94-55)100-45-38(80)50(82)92-21(9-62)41(45)97-51-33(75)26(68)17(63)10-85-51)96-53-35(77)30(72)22(12-87-53)95-58-48(103-57-47(84-6)43(83-5)24(66)14(2)89-57)44(25(67)15(3)90-58)99-52-34(76)27(69)18(64)11-86-52/h13-82H,7-12H2,1-6H3/t13-,14+,15+,16+,17-,18-,19-,20-,21-,22-,23-,24+,25+,26+,27-,28-,29+,30+,31+,32+,33-,34+,35-,36+,37-,38-,39+,40-,41-,42+,43-,44-,45-,46-,47-,48-,49+,50+,51+,52+,53+,54-,55-,56-,57+,58-,59+/m1/s1. The Hall–Kier alpha value is -1.76. The van der Waals surface area contributed by atoms with Gasteiger partial charge in [-0.1, -0.05) is 0 Å². The third kappa shape index (κ3) is 17.5. The summed E-state index contributed by atoms with van der Waals surface area (Å²) in [5.74, 6) is 0. The summed E-state index contributed by atoms with van der Waals surface area (Å²) in [5.41, 5.74) is 0. The summed E-state index contributed by atoms with van der Waals surface area (Å²) < 4.78 is 126. The monoisotopic (exact) mass is 1510 g/mol. The lowest BCUT2D eigenvalue weighted by molar-refractivity contribution is -0.422. The molecule has 0 spiro atoms. The van der Waals surface area contributed by atoms with Crippen molar-refractivity contribution in [3.8, 4) is 0 Å². The van der Waals surface area contributed by atoms with Crippen molar-refractivity contribution in [3.63, 3.8) is 0 Å². The van der Waals surface area contributed by atoms with Crippen LogP contribution in [0.25, 0.3) is 0 Å². The van der Waals surface area contributed by atoms with Gasteiger partial charge in [0.15, 0.2) is 62.9 Å². The van der Waals surface area contributed by atoms with Crippen molar-refractivity contribution in [1.29, 1.82) is 0 Å². The highest BCUT2D eigenvalue weighted by molar-refractivity contribution is 5.03. The van der Waals surface area contributed by atoms with Gasteiger partial charge in [-0.25, -0.2) is 0 Å². The van der Waals surface area contributed by atoms with E-state index in [1.807, 2.05) is 0 Å². The Balaban J connectivity index is 0.996. The number of hydrogen-bond donors (Lipinski definition) is 23. The van der Waals surface area contributed by atoms with Crippen molar-refractivity contribution in [2.24, 2.45) is 0 Å². The molecular weight excluding hydrogens is 1410 g/mol. The molecule has 0 aliphatic carbocycles. The summed E-state index contributed by atoms with van der Waals surface area (Å²) in [6.45, 7) is 0.230. The summed E-state index contributed by atoms with van der Waals surface area (Å²) in [5, 5.41) is 255. The fourth-order valence-corrected chi connectivity index (χ4v) is 13.8. The maximum atomic E-state index is 12.3. The molecule has 0 radical (unpaired) electrons. The molecule has 10 aliphatic rings. The van der Waals surface area contributed by atoms with Crippen LogP contribution in [0.5, 0.6) is 0 Å². The molecule has 10 aliphatic heterocycles. The van der Waals surface area contributed by atoms with E-state index in [1.54, 1.807) is 0 Å². The van der Waals surface area contributed by atoms with Gasteiger partial charge < -0.3 is 217 Å². The maximum absolute atomic E-state index is 12.3. The lowest BCUT2D eigenvalue weighted by atomic mass is 9.94. The zero-order valence-corrected chi connectivity index (χ0v) is 56.2. The highest BCUT2D eigenvalue weighted by Crippen LogP contribution is 2.42. The molecule has 0 unspecified atom stereocenters. The molecule has 10 heterocycles. The van der Waals surface area contributed by atoms with Gasteiger partial charge in [0.2, 0.25) is 0 Å². The van der Waals surface area contributed by atoms with Crippen molar-refractivity contribution in [3.05, 3.63) is 0 Å². The predicted octanol–water partition coefficient (Wildman–Crippen LogP) is -15.5. The SMILES string of the molecule is CO[C@@H]1[C@@H](O)[C@H](C)O[C@@H](O[C@H]2[C@@H](O[C@@H]3CO[C@@H](O[C@H]4[C@@H](O[C@H]5O[C@H](C)[C@@H](O)[C@H](O[C@H]6O[C@H](CO)[C@@H](O)[C@H](O)[C@@H]6O)[C@@H]5O)[C@H](O[C@H]5O[C@H](CO)[C@H](O)[C@H](O)[C@H]5O)[C@H](O[C@@H]5[C@@H](O)[C@@H](O)O[C@H](CO)[C@H]5O[C@@H]5OC[C@@H](O)[C@H](O)[C@H]5O)O[C@H]4C)[C@H](O)[C@H]3O)O[C@@H](C)[C@H](O)[C@H]2O[C@@H]2OC[C@@H](O)[C@@H](O)[C@@H]2O)[C@@H]1OC. The molecule has 44 nitrogen and oxygen atoms in total. The summed E-state index contributed by atoms with van der Waals surface area (Å²) in [4.78, 5) is 0. The van der Waals surface area contributed by atoms with Crippen molar-refractivity contribution in [1.82, 2.24) is 0 Å². The average Bonchev–Trinajstić information content (AvgIpc) is 0.794. The predicted molar refractivity (Wildman–Crippen MR) is 316 cm³/mol. The van der Waals surface area contributed by atoms with E-state index in [1.165, 1.54) is 41.9 Å². The highest BCUT2D eigenvalue weighted by atomic mass is 16.8. The van der Waals surface area contributed by atoms with E-state index >= 15 is 0 Å². The third-order valence-corrected chi connectivity index (χ3v) is 20.1. The lowest BCUT2D eigenvalue weighted by Crippen LogP contribution is -2.70. The van der Waals surface area contributed by atoms with Crippen LogP contribution in [-0.4, -0.2) is 460 Å².